The second-order valence-corrected chi connectivity index (χ2v) is 7.22. The molecule has 34 heavy (non-hydrogen) atoms. The van der Waals surface area contributed by atoms with Crippen LogP contribution in [0.1, 0.15) is 0 Å². The van der Waals surface area contributed by atoms with Gasteiger partial charge in [-0.15, -0.1) is 0 Å². The van der Waals surface area contributed by atoms with Gasteiger partial charge in [-0.3, -0.25) is 11.7 Å². The predicted octanol–water partition coefficient (Wildman–Crippen LogP) is 1.46. The van der Waals surface area contributed by atoms with Gasteiger partial charge >= 0.3 is 0 Å². The van der Waals surface area contributed by atoms with Crippen molar-refractivity contribution in [2.75, 3.05) is 57.5 Å². The third kappa shape index (κ3) is 16.9. The molecule has 0 bridgehead atoms. The molecule has 3 heterocycles. The molecule has 0 aliphatic heterocycles. The molecule has 0 saturated heterocycles. The van der Waals surface area contributed by atoms with E-state index in [1.807, 2.05) is 52.1 Å². The molecule has 0 aromatic carbocycles. The van der Waals surface area contributed by atoms with E-state index in [-0.39, 0.29) is 0 Å². The van der Waals surface area contributed by atoms with Crippen LogP contribution in [0.25, 0.3) is 0 Å². The molecule has 13 nitrogen and oxygen atoms in total. The van der Waals surface area contributed by atoms with E-state index < -0.39 is 0 Å². The lowest BCUT2D eigenvalue weighted by Crippen LogP contribution is -2.13. The third-order valence-electron chi connectivity index (χ3n) is 2.94. The van der Waals surface area contributed by atoms with E-state index in [0.29, 0.717) is 21.3 Å². The second kappa shape index (κ2) is 20.9. The molecule has 0 amide bonds. The maximum Gasteiger partial charge on any atom is 0.145 e. The highest BCUT2D eigenvalue weighted by atomic mass is 35.5. The highest BCUT2D eigenvalue weighted by Crippen LogP contribution is 2.10. The first-order valence-electron chi connectivity index (χ1n) is 9.30. The lowest BCUT2D eigenvalue weighted by Gasteiger charge is -2.10. The molecule has 3 rings (SSSR count). The quantitative estimate of drug-likeness (QED) is 0.184. The molecule has 0 saturated carbocycles. The summed E-state index contributed by atoms with van der Waals surface area (Å²) in [5.74, 6) is 15.4. The number of nitrogen functional groups attached to an aromatic ring is 1. The Hall–Kier alpha value is -2.65. The molecule has 16 heteroatoms. The minimum Gasteiger partial charge on any atom is -0.363 e. The van der Waals surface area contributed by atoms with Crippen molar-refractivity contribution < 1.29 is 0 Å². The Labute approximate surface area is 215 Å². The molecule has 0 fully saturated rings. The lowest BCUT2D eigenvalue weighted by molar-refractivity contribution is 1.02. The molecule has 0 aliphatic carbocycles. The monoisotopic (exact) mass is 535 g/mol. The molecule has 0 atom stereocenters. The van der Waals surface area contributed by atoms with Gasteiger partial charge in [-0.2, -0.15) is 0 Å². The normalized spacial score (nSPS) is 8.71. The molecule has 0 aliphatic rings. The first-order chi connectivity index (χ1) is 16.1. The minimum absolute atomic E-state index is 0.366. The fourth-order valence-electron chi connectivity index (χ4n) is 1.55. The summed E-state index contributed by atoms with van der Waals surface area (Å²) in [4.78, 5) is 26.6. The lowest BCUT2D eigenvalue weighted by atomic mass is 10.5. The van der Waals surface area contributed by atoms with Gasteiger partial charge in [0.25, 0.3) is 0 Å². The molecule has 0 radical (unpaired) electrons. The third-order valence-corrected chi connectivity index (χ3v) is 3.56. The van der Waals surface area contributed by atoms with E-state index in [1.165, 1.54) is 25.0 Å². The van der Waals surface area contributed by atoms with Gasteiger partial charge < -0.3 is 20.5 Å². The van der Waals surface area contributed by atoms with Crippen molar-refractivity contribution in [1.82, 2.24) is 35.2 Å². The van der Waals surface area contributed by atoms with Gasteiger partial charge in [0.2, 0.25) is 0 Å². The number of nitrogens with two attached hydrogens (primary N) is 3. The molecule has 8 N–H and O–H groups in total. The van der Waals surface area contributed by atoms with Crippen LogP contribution in [-0.2, 0) is 0 Å². The van der Waals surface area contributed by atoms with Gasteiger partial charge in [0.05, 0.1) is 0 Å². The van der Waals surface area contributed by atoms with E-state index in [2.05, 4.69) is 52.3 Å². The predicted molar refractivity (Wildman–Crippen MR) is 141 cm³/mol. The number of nitrogens with one attached hydrogen (secondary N) is 2. The zero-order valence-electron chi connectivity index (χ0n) is 19.9. The maximum absolute atomic E-state index is 5.61. The molecular weight excluding hydrogens is 505 g/mol. The number of nitrogens with zero attached hydrogens (tertiary/aromatic N) is 8. The van der Waals surface area contributed by atoms with Crippen LogP contribution in [-0.4, -0.2) is 72.2 Å². The number of hydrazine groups is 2. The van der Waals surface area contributed by atoms with Gasteiger partial charge in [-0.1, -0.05) is 34.8 Å². The Morgan fingerprint density at radius 3 is 1.29 bits per heavy atom. The molecular formula is C18H32Cl3N13. The summed E-state index contributed by atoms with van der Waals surface area (Å²) in [6, 6.07) is 4.95. The van der Waals surface area contributed by atoms with Crippen LogP contribution in [0.3, 0.4) is 0 Å². The SMILES string of the molecule is CN(C)c1cc(Cl)ncn1.CN(C)c1cc(NN)ncn1.CNC.Clc1cc(Cl)ncn1.NN. The van der Waals surface area contributed by atoms with Crippen LogP contribution in [0.15, 0.2) is 37.2 Å². The average Bonchev–Trinajstić information content (AvgIpc) is 2.81. The van der Waals surface area contributed by atoms with Gasteiger partial charge in [0, 0.05) is 46.4 Å². The van der Waals surface area contributed by atoms with E-state index in [1.54, 1.807) is 12.1 Å². The second-order valence-electron chi connectivity index (χ2n) is 6.06. The van der Waals surface area contributed by atoms with Crippen molar-refractivity contribution in [1.29, 1.82) is 0 Å². The number of halogens is 3. The standard InChI is InChI=1S/C6H8ClN3.C6H11N5.C4H2Cl2N2.C2H7N.H4N2/c1-10(2)6-3-5(7)8-4-9-6;1-11(2)6-3-5(10-7)8-4-9-6;5-3-1-4(6)8-2-7-3;1-3-2;1-2/h3-4H,1-2H3;3-4H,7H2,1-2H3,(H,8,9,10);1-2H;3H,1-2H3;1-2H2. The Morgan fingerprint density at radius 2 is 1.00 bits per heavy atom. The summed E-state index contributed by atoms with van der Waals surface area (Å²) in [5.41, 5.74) is 2.44. The summed E-state index contributed by atoms with van der Waals surface area (Å²) in [5, 5.41) is 3.95. The largest absolute Gasteiger partial charge is 0.363 e. The number of anilines is 3. The van der Waals surface area contributed by atoms with E-state index in [0.717, 1.165) is 11.6 Å². The Bertz CT molecular complexity index is 883. The smallest absolute Gasteiger partial charge is 0.145 e. The van der Waals surface area contributed by atoms with Gasteiger partial charge in [-0.05, 0) is 14.1 Å². The Kier molecular flexibility index (Phi) is 20.6. The molecule has 3 aromatic heterocycles. The molecule has 0 spiro atoms. The van der Waals surface area contributed by atoms with Crippen LogP contribution in [0.5, 0.6) is 0 Å². The van der Waals surface area contributed by atoms with Crippen LogP contribution in [0, 0.1) is 0 Å². The Morgan fingerprint density at radius 1 is 0.647 bits per heavy atom. The zero-order chi connectivity index (χ0) is 26.5. The maximum atomic E-state index is 5.61. The minimum atomic E-state index is 0.366. The van der Waals surface area contributed by atoms with Gasteiger partial charge in [0.1, 0.15) is 51.9 Å². The average molecular weight is 537 g/mol. The summed E-state index contributed by atoms with van der Waals surface area (Å²) in [6.07, 6.45) is 4.22. The van der Waals surface area contributed by atoms with Gasteiger partial charge in [-0.25, -0.2) is 35.7 Å². The number of rotatable bonds is 3. The van der Waals surface area contributed by atoms with Crippen LogP contribution in [0.4, 0.5) is 17.5 Å². The Balaban J connectivity index is 0. The fourth-order valence-corrected chi connectivity index (χ4v) is 2.04. The highest BCUT2D eigenvalue weighted by Gasteiger charge is 1.97. The molecule has 3 aromatic rings. The summed E-state index contributed by atoms with van der Waals surface area (Å²) in [6.45, 7) is 0. The van der Waals surface area contributed by atoms with Crippen molar-refractivity contribution in [3.8, 4) is 0 Å². The van der Waals surface area contributed by atoms with Crippen molar-refractivity contribution in [2.24, 2.45) is 17.5 Å². The fraction of sp³-hybridized carbons (Fsp3) is 0.333. The number of hydrogen-bond donors (Lipinski definition) is 5. The van der Waals surface area contributed by atoms with E-state index >= 15 is 0 Å². The summed E-state index contributed by atoms with van der Waals surface area (Å²) >= 11 is 16.4. The first kappa shape index (κ1) is 33.5. The van der Waals surface area contributed by atoms with Crippen LogP contribution in [0.2, 0.25) is 15.5 Å². The van der Waals surface area contributed by atoms with E-state index in [9.17, 15) is 0 Å². The molecule has 190 valence electrons. The number of hydrogen-bond acceptors (Lipinski definition) is 13. The van der Waals surface area contributed by atoms with Crippen molar-refractivity contribution in [3.63, 3.8) is 0 Å². The van der Waals surface area contributed by atoms with Crippen molar-refractivity contribution >= 4 is 52.3 Å². The van der Waals surface area contributed by atoms with E-state index in [4.69, 9.17) is 40.6 Å². The van der Waals surface area contributed by atoms with Crippen molar-refractivity contribution in [2.45, 2.75) is 0 Å². The van der Waals surface area contributed by atoms with Crippen LogP contribution < -0.4 is 38.1 Å². The topological polar surface area (TPSA) is 186 Å². The van der Waals surface area contributed by atoms with Crippen molar-refractivity contribution in [3.05, 3.63) is 52.6 Å². The molecule has 0 unspecified atom stereocenters. The van der Waals surface area contributed by atoms with Crippen LogP contribution >= 0.6 is 34.8 Å². The number of aromatic nitrogens is 6. The summed E-state index contributed by atoms with van der Waals surface area (Å²) in [7, 11) is 11.4. The first-order valence-corrected chi connectivity index (χ1v) is 10.4. The van der Waals surface area contributed by atoms with Gasteiger partial charge in [0.15, 0.2) is 0 Å². The highest BCUT2D eigenvalue weighted by molar-refractivity contribution is 6.33. The zero-order valence-corrected chi connectivity index (χ0v) is 22.2. The summed E-state index contributed by atoms with van der Waals surface area (Å²) < 4.78 is 0.